The van der Waals surface area contributed by atoms with E-state index in [4.69, 9.17) is 0 Å². The van der Waals surface area contributed by atoms with Gasteiger partial charge in [-0.15, -0.1) is 0 Å². The standard InChI is InChI=1S/C20H26N4O/c1-14-6-5-9-16(12-14)21-20(25)24-11-10-18-17(13-24)19(23-22-18)15-7-3-2-4-8-15/h2-4,7-8,14,16,19H,5-6,9-13H2,1H3,(H,21,25). The normalized spacial score (nSPS) is 28.8. The predicted octanol–water partition coefficient (Wildman–Crippen LogP) is 4.44. The number of benzene rings is 1. The summed E-state index contributed by atoms with van der Waals surface area (Å²) >= 11 is 0. The Hall–Kier alpha value is -2.17. The topological polar surface area (TPSA) is 57.1 Å². The molecule has 1 saturated carbocycles. The van der Waals surface area contributed by atoms with Crippen molar-refractivity contribution >= 4 is 6.03 Å². The largest absolute Gasteiger partial charge is 0.335 e. The third-order valence-corrected chi connectivity index (χ3v) is 5.64. The maximum atomic E-state index is 12.7. The van der Waals surface area contributed by atoms with E-state index in [0.29, 0.717) is 18.5 Å². The summed E-state index contributed by atoms with van der Waals surface area (Å²) in [6.45, 7) is 3.64. The molecule has 25 heavy (non-hydrogen) atoms. The van der Waals surface area contributed by atoms with Gasteiger partial charge in [-0.25, -0.2) is 4.79 Å². The first kappa shape index (κ1) is 16.3. The molecule has 2 heterocycles. The van der Waals surface area contributed by atoms with Crippen LogP contribution in [0, 0.1) is 5.92 Å². The van der Waals surface area contributed by atoms with E-state index in [2.05, 4.69) is 34.6 Å². The van der Waals surface area contributed by atoms with Crippen molar-refractivity contribution in [1.82, 2.24) is 10.2 Å². The van der Waals surface area contributed by atoms with Crippen molar-refractivity contribution in [3.63, 3.8) is 0 Å². The Morgan fingerprint density at radius 2 is 2.08 bits per heavy atom. The summed E-state index contributed by atoms with van der Waals surface area (Å²) in [4.78, 5) is 14.7. The zero-order valence-electron chi connectivity index (χ0n) is 14.8. The van der Waals surface area contributed by atoms with Crippen molar-refractivity contribution in [3.8, 4) is 0 Å². The molecule has 0 spiro atoms. The molecule has 1 fully saturated rings. The second-order valence-electron chi connectivity index (χ2n) is 7.59. The molecule has 5 heteroatoms. The number of urea groups is 1. The Bertz CT molecular complexity index is 697. The molecule has 1 aromatic carbocycles. The highest BCUT2D eigenvalue weighted by molar-refractivity contribution is 5.75. The lowest BCUT2D eigenvalue weighted by Crippen LogP contribution is -2.48. The first-order chi connectivity index (χ1) is 12.2. The Balaban J connectivity index is 1.42. The molecule has 132 valence electrons. The molecular formula is C20H26N4O. The molecule has 1 aliphatic carbocycles. The second kappa shape index (κ2) is 6.98. The number of hydrogen-bond acceptors (Lipinski definition) is 3. The number of carbonyl (C=O) groups is 1. The number of rotatable bonds is 2. The van der Waals surface area contributed by atoms with Crippen LogP contribution in [0.2, 0.25) is 0 Å². The van der Waals surface area contributed by atoms with Gasteiger partial charge < -0.3 is 10.2 Å². The van der Waals surface area contributed by atoms with Gasteiger partial charge in [-0.3, -0.25) is 0 Å². The third kappa shape index (κ3) is 3.46. The lowest BCUT2D eigenvalue weighted by molar-refractivity contribution is 0.188. The number of nitrogens with zero attached hydrogens (tertiary/aromatic N) is 3. The maximum absolute atomic E-state index is 12.7. The number of carbonyl (C=O) groups excluding carboxylic acids is 1. The molecule has 2 amide bonds. The van der Waals surface area contributed by atoms with Crippen LogP contribution in [0.4, 0.5) is 4.79 Å². The van der Waals surface area contributed by atoms with Crippen LogP contribution in [0.3, 0.4) is 0 Å². The van der Waals surface area contributed by atoms with Crippen molar-refractivity contribution in [2.75, 3.05) is 13.1 Å². The summed E-state index contributed by atoms with van der Waals surface area (Å²) in [5, 5.41) is 12.1. The maximum Gasteiger partial charge on any atom is 0.317 e. The van der Waals surface area contributed by atoms with Crippen LogP contribution >= 0.6 is 0 Å². The first-order valence-corrected chi connectivity index (χ1v) is 9.44. The van der Waals surface area contributed by atoms with E-state index in [-0.39, 0.29) is 12.1 Å². The second-order valence-corrected chi connectivity index (χ2v) is 7.59. The Morgan fingerprint density at radius 3 is 2.88 bits per heavy atom. The number of amides is 2. The lowest BCUT2D eigenvalue weighted by atomic mass is 9.87. The van der Waals surface area contributed by atoms with E-state index in [0.717, 1.165) is 37.1 Å². The van der Waals surface area contributed by atoms with Gasteiger partial charge in [0.2, 0.25) is 0 Å². The van der Waals surface area contributed by atoms with Gasteiger partial charge in [0.25, 0.3) is 0 Å². The Kier molecular flexibility index (Phi) is 4.55. The molecule has 0 bridgehead atoms. The van der Waals surface area contributed by atoms with E-state index in [1.807, 2.05) is 23.1 Å². The quantitative estimate of drug-likeness (QED) is 0.851. The third-order valence-electron chi connectivity index (χ3n) is 5.64. The zero-order chi connectivity index (χ0) is 17.2. The lowest BCUT2D eigenvalue weighted by Gasteiger charge is -2.33. The van der Waals surface area contributed by atoms with Gasteiger partial charge in [-0.05, 0) is 24.3 Å². The summed E-state index contributed by atoms with van der Waals surface area (Å²) in [6, 6.07) is 10.6. The highest BCUT2D eigenvalue weighted by Crippen LogP contribution is 2.38. The molecule has 2 aliphatic heterocycles. The van der Waals surface area contributed by atoms with E-state index in [1.165, 1.54) is 18.4 Å². The fourth-order valence-electron chi connectivity index (χ4n) is 4.24. The van der Waals surface area contributed by atoms with Gasteiger partial charge >= 0.3 is 6.03 Å². The SMILES string of the molecule is CC1CCCC(NC(=O)N2CCC3=C(C2)C(c2ccccc2)N=N3)C1. The van der Waals surface area contributed by atoms with E-state index in [1.54, 1.807) is 0 Å². The Morgan fingerprint density at radius 1 is 1.24 bits per heavy atom. The summed E-state index contributed by atoms with van der Waals surface area (Å²) in [7, 11) is 0. The molecule has 3 aliphatic rings. The van der Waals surface area contributed by atoms with Crippen LogP contribution in [-0.2, 0) is 0 Å². The van der Waals surface area contributed by atoms with E-state index >= 15 is 0 Å². The van der Waals surface area contributed by atoms with Crippen molar-refractivity contribution in [1.29, 1.82) is 0 Å². The fraction of sp³-hybridized carbons (Fsp3) is 0.550. The average Bonchev–Trinajstić information content (AvgIpc) is 3.05. The number of azo groups is 1. The van der Waals surface area contributed by atoms with Crippen molar-refractivity contribution in [3.05, 3.63) is 47.2 Å². The average molecular weight is 338 g/mol. The predicted molar refractivity (Wildman–Crippen MR) is 97.2 cm³/mol. The molecule has 1 aromatic rings. The van der Waals surface area contributed by atoms with Gasteiger partial charge in [-0.2, -0.15) is 10.2 Å². The van der Waals surface area contributed by atoms with Crippen LogP contribution in [0.5, 0.6) is 0 Å². The number of hydrogen-bond donors (Lipinski definition) is 1. The van der Waals surface area contributed by atoms with Crippen LogP contribution in [0.25, 0.3) is 0 Å². The number of nitrogens with one attached hydrogen (secondary N) is 1. The van der Waals surface area contributed by atoms with Gasteiger partial charge in [0.15, 0.2) is 0 Å². The van der Waals surface area contributed by atoms with Crippen molar-refractivity contribution in [2.45, 2.75) is 51.1 Å². The molecule has 3 unspecified atom stereocenters. The summed E-state index contributed by atoms with van der Waals surface area (Å²) in [5.74, 6) is 0.713. The van der Waals surface area contributed by atoms with Gasteiger partial charge in [0, 0.05) is 31.1 Å². The van der Waals surface area contributed by atoms with Crippen LogP contribution in [0.15, 0.2) is 51.8 Å². The van der Waals surface area contributed by atoms with E-state index in [9.17, 15) is 4.79 Å². The molecule has 0 aromatic heterocycles. The minimum atomic E-state index is -0.0264. The molecule has 0 saturated heterocycles. The minimum absolute atomic E-state index is 0.0264. The molecule has 3 atom stereocenters. The van der Waals surface area contributed by atoms with E-state index < -0.39 is 0 Å². The van der Waals surface area contributed by atoms with Crippen molar-refractivity contribution < 1.29 is 4.79 Å². The van der Waals surface area contributed by atoms with Crippen LogP contribution in [-0.4, -0.2) is 30.1 Å². The van der Waals surface area contributed by atoms with Gasteiger partial charge in [-0.1, -0.05) is 50.1 Å². The highest BCUT2D eigenvalue weighted by Gasteiger charge is 2.33. The molecular weight excluding hydrogens is 312 g/mol. The summed E-state index contributed by atoms with van der Waals surface area (Å²) < 4.78 is 0. The van der Waals surface area contributed by atoms with Gasteiger partial charge in [0.1, 0.15) is 6.04 Å². The molecule has 5 nitrogen and oxygen atoms in total. The van der Waals surface area contributed by atoms with Crippen LogP contribution < -0.4 is 5.32 Å². The highest BCUT2D eigenvalue weighted by atomic mass is 16.2. The minimum Gasteiger partial charge on any atom is -0.335 e. The first-order valence-electron chi connectivity index (χ1n) is 9.44. The fourth-order valence-corrected chi connectivity index (χ4v) is 4.24. The van der Waals surface area contributed by atoms with Gasteiger partial charge in [0.05, 0.1) is 5.70 Å². The molecule has 0 radical (unpaired) electrons. The molecule has 1 N–H and O–H groups in total. The van der Waals surface area contributed by atoms with Crippen LogP contribution in [0.1, 0.15) is 50.6 Å². The zero-order valence-corrected chi connectivity index (χ0v) is 14.8. The monoisotopic (exact) mass is 338 g/mol. The molecule has 4 rings (SSSR count). The Labute approximate surface area is 149 Å². The smallest absolute Gasteiger partial charge is 0.317 e. The van der Waals surface area contributed by atoms with Crippen molar-refractivity contribution in [2.24, 2.45) is 16.1 Å². The summed E-state index contributed by atoms with van der Waals surface area (Å²) in [6.07, 6.45) is 5.51. The summed E-state index contributed by atoms with van der Waals surface area (Å²) in [5.41, 5.74) is 3.41.